The second kappa shape index (κ2) is 6.68. The van der Waals surface area contributed by atoms with Gasteiger partial charge in [-0.1, -0.05) is 6.42 Å². The Morgan fingerprint density at radius 3 is 2.17 bits per heavy atom. The summed E-state index contributed by atoms with van der Waals surface area (Å²) in [6, 6.07) is 4.82. The van der Waals surface area contributed by atoms with E-state index < -0.39 is 10.0 Å². The Morgan fingerprint density at radius 2 is 1.61 bits per heavy atom. The van der Waals surface area contributed by atoms with Gasteiger partial charge in [0.15, 0.2) is 0 Å². The molecule has 105 valence electrons. The molecule has 0 spiro atoms. The van der Waals surface area contributed by atoms with Gasteiger partial charge in [-0.25, -0.2) is 8.42 Å². The number of sulfonamides is 1. The van der Waals surface area contributed by atoms with Crippen molar-refractivity contribution in [1.29, 1.82) is 0 Å². The number of hydrogen-bond donors (Lipinski definition) is 2. The molecule has 1 heterocycles. The Morgan fingerprint density at radius 1 is 1.00 bits per heavy atom. The maximum atomic E-state index is 12.3. The van der Waals surface area contributed by atoms with Gasteiger partial charge < -0.3 is 0 Å². The zero-order chi connectivity index (χ0) is 12.5. The molecule has 1 aliphatic heterocycles. The first-order chi connectivity index (χ1) is 8.01. The summed E-state index contributed by atoms with van der Waals surface area (Å²) in [5.41, 5.74) is 0. The molecule has 1 aromatic rings. The molecule has 0 N–H and O–H groups in total. The van der Waals surface area contributed by atoms with Gasteiger partial charge in [0, 0.05) is 39.9 Å². The molecule has 0 atom stereocenters. The number of hydrogen-bond acceptors (Lipinski definition) is 4. The van der Waals surface area contributed by atoms with Crippen LogP contribution in [0.1, 0.15) is 19.3 Å². The Balaban J connectivity index is 0.00000162. The van der Waals surface area contributed by atoms with Gasteiger partial charge in [0.05, 0.1) is 4.90 Å². The van der Waals surface area contributed by atoms with E-state index in [9.17, 15) is 8.42 Å². The molecule has 0 aromatic heterocycles. The van der Waals surface area contributed by atoms with Crippen molar-refractivity contribution in [3.8, 4) is 0 Å². The first-order valence-corrected chi connectivity index (χ1v) is 7.87. The molecule has 18 heavy (non-hydrogen) atoms. The third kappa shape index (κ3) is 3.46. The summed E-state index contributed by atoms with van der Waals surface area (Å²) in [5, 5.41) is 0. The van der Waals surface area contributed by atoms with E-state index in [0.29, 0.717) is 27.8 Å². The molecule has 0 saturated carbocycles. The van der Waals surface area contributed by atoms with Crippen molar-refractivity contribution < 1.29 is 25.5 Å². The summed E-state index contributed by atoms with van der Waals surface area (Å²) in [5.74, 6) is 0. The fraction of sp³-hybridized carbons (Fsp3) is 0.455. The molecular formula is C11H15CuNO2S3. The molecule has 0 bridgehead atoms. The molecule has 3 nitrogen and oxygen atoms in total. The van der Waals surface area contributed by atoms with E-state index in [1.165, 1.54) is 0 Å². The number of nitrogens with zero attached hydrogens (tertiary/aromatic N) is 1. The number of thiol groups is 2. The molecule has 0 aliphatic carbocycles. The number of benzene rings is 1. The second-order valence-corrected chi connectivity index (χ2v) is 7.02. The van der Waals surface area contributed by atoms with Gasteiger partial charge in [0.25, 0.3) is 0 Å². The third-order valence-electron chi connectivity index (χ3n) is 2.90. The summed E-state index contributed by atoms with van der Waals surface area (Å²) in [6.45, 7) is 1.24. The van der Waals surface area contributed by atoms with Crippen LogP contribution >= 0.6 is 25.3 Å². The van der Waals surface area contributed by atoms with Crippen LogP contribution in [0.15, 0.2) is 32.9 Å². The fourth-order valence-electron chi connectivity index (χ4n) is 1.92. The van der Waals surface area contributed by atoms with E-state index in [0.717, 1.165) is 19.3 Å². The van der Waals surface area contributed by atoms with Crippen molar-refractivity contribution in [2.45, 2.75) is 33.9 Å². The maximum Gasteiger partial charge on any atom is 0.243 e. The van der Waals surface area contributed by atoms with Gasteiger partial charge in [0.2, 0.25) is 10.0 Å². The van der Waals surface area contributed by atoms with Gasteiger partial charge in [-0.15, -0.1) is 25.3 Å². The molecule has 1 fully saturated rings. The Hall–Kier alpha value is 0.349. The molecule has 1 aromatic carbocycles. The minimum absolute atomic E-state index is 0. The average Bonchev–Trinajstić information content (AvgIpc) is 2.33. The normalized spacial score (nSPS) is 17.2. The van der Waals surface area contributed by atoms with E-state index in [1.807, 2.05) is 0 Å². The summed E-state index contributed by atoms with van der Waals surface area (Å²) >= 11 is 8.39. The summed E-state index contributed by atoms with van der Waals surface area (Å²) < 4.78 is 26.2. The number of rotatable bonds is 2. The van der Waals surface area contributed by atoms with Crippen LogP contribution in [0, 0.1) is 0 Å². The van der Waals surface area contributed by atoms with Crippen LogP contribution in [-0.2, 0) is 27.1 Å². The van der Waals surface area contributed by atoms with Crippen molar-refractivity contribution in [3.05, 3.63) is 18.2 Å². The Labute approximate surface area is 130 Å². The van der Waals surface area contributed by atoms with Gasteiger partial charge in [-0.3, -0.25) is 0 Å². The Kier molecular flexibility index (Phi) is 6.09. The van der Waals surface area contributed by atoms with E-state index in [-0.39, 0.29) is 17.1 Å². The van der Waals surface area contributed by atoms with Gasteiger partial charge >= 0.3 is 0 Å². The fourth-order valence-corrected chi connectivity index (χ4v) is 3.90. The van der Waals surface area contributed by atoms with Crippen molar-refractivity contribution in [2.75, 3.05) is 13.1 Å². The summed E-state index contributed by atoms with van der Waals surface area (Å²) in [4.78, 5) is 1.58. The van der Waals surface area contributed by atoms with Crippen molar-refractivity contribution in [1.82, 2.24) is 4.31 Å². The summed E-state index contributed by atoms with van der Waals surface area (Å²) in [7, 11) is -3.35. The van der Waals surface area contributed by atoms with Crippen LogP contribution in [0.4, 0.5) is 0 Å². The zero-order valence-corrected chi connectivity index (χ0v) is 13.2. The van der Waals surface area contributed by atoms with Gasteiger partial charge in [-0.05, 0) is 31.0 Å². The smallest absolute Gasteiger partial charge is 0.207 e. The second-order valence-electron chi connectivity index (χ2n) is 4.12. The SMILES string of the molecule is O=S(=O)(c1ccc(S)c(S)c1)N1CCCCC1.[Cu]. The molecule has 1 saturated heterocycles. The number of piperidine rings is 1. The van der Waals surface area contributed by atoms with Crippen molar-refractivity contribution >= 4 is 35.3 Å². The van der Waals surface area contributed by atoms with Crippen molar-refractivity contribution in [2.24, 2.45) is 0 Å². The largest absolute Gasteiger partial charge is 0.243 e. The third-order valence-corrected chi connectivity index (χ3v) is 5.73. The van der Waals surface area contributed by atoms with Crippen LogP contribution in [0.3, 0.4) is 0 Å². The van der Waals surface area contributed by atoms with Gasteiger partial charge in [-0.2, -0.15) is 4.31 Å². The van der Waals surface area contributed by atoms with E-state index in [1.54, 1.807) is 22.5 Å². The molecule has 7 heteroatoms. The predicted octanol–water partition coefficient (Wildman–Crippen LogP) is 2.44. The first-order valence-electron chi connectivity index (χ1n) is 5.54. The van der Waals surface area contributed by atoms with E-state index in [4.69, 9.17) is 0 Å². The maximum absolute atomic E-state index is 12.3. The van der Waals surface area contributed by atoms with Crippen LogP contribution in [-0.4, -0.2) is 25.8 Å². The molecule has 0 amide bonds. The van der Waals surface area contributed by atoms with Crippen LogP contribution in [0.5, 0.6) is 0 Å². The van der Waals surface area contributed by atoms with E-state index >= 15 is 0 Å². The van der Waals surface area contributed by atoms with E-state index in [2.05, 4.69) is 25.3 Å². The monoisotopic (exact) mass is 352 g/mol. The summed E-state index contributed by atoms with van der Waals surface area (Å²) in [6.07, 6.45) is 2.99. The van der Waals surface area contributed by atoms with Gasteiger partial charge in [0.1, 0.15) is 0 Å². The standard InChI is InChI=1S/C11H15NO2S3.Cu/c13-17(14,12-6-2-1-3-7-12)9-4-5-10(15)11(16)8-9;/h4-5,8,15-16H,1-3,6-7H2;. The Bertz CT molecular complexity index is 513. The first kappa shape index (κ1) is 16.4. The average molecular weight is 353 g/mol. The topological polar surface area (TPSA) is 37.4 Å². The minimum Gasteiger partial charge on any atom is -0.207 e. The molecule has 1 aliphatic rings. The zero-order valence-electron chi connectivity index (χ0n) is 9.64. The quantitative estimate of drug-likeness (QED) is 0.633. The molecule has 2 rings (SSSR count). The van der Waals surface area contributed by atoms with Crippen LogP contribution in [0.2, 0.25) is 0 Å². The molecular weight excluding hydrogens is 338 g/mol. The molecule has 0 unspecified atom stereocenters. The predicted molar refractivity (Wildman–Crippen MR) is 73.6 cm³/mol. The van der Waals surface area contributed by atoms with Crippen molar-refractivity contribution in [3.63, 3.8) is 0 Å². The molecule has 1 radical (unpaired) electrons. The minimum atomic E-state index is -3.35. The van der Waals surface area contributed by atoms with Crippen LogP contribution in [0.25, 0.3) is 0 Å². The van der Waals surface area contributed by atoms with Crippen LogP contribution < -0.4 is 0 Å².